The maximum atomic E-state index is 14.4. The van der Waals surface area contributed by atoms with Crippen LogP contribution in [0.5, 0.6) is 0 Å². The Morgan fingerprint density at radius 2 is 1.89 bits per heavy atom. The summed E-state index contributed by atoms with van der Waals surface area (Å²) >= 11 is 0.597. The normalized spacial score (nSPS) is 13.2. The minimum atomic E-state index is -4.87. The van der Waals surface area contributed by atoms with E-state index in [-0.39, 0.29) is 38.1 Å². The first kappa shape index (κ1) is 25.5. The molecule has 0 saturated heterocycles. The predicted octanol–water partition coefficient (Wildman–Crippen LogP) is 5.83. The maximum absolute atomic E-state index is 14.4. The van der Waals surface area contributed by atoms with E-state index in [0.717, 1.165) is 18.3 Å². The molecule has 15 heteroatoms. The number of rotatable bonds is 6. The molecule has 0 radical (unpaired) electrons. The molecule has 0 fully saturated rings. The molecule has 190 valence electrons. The van der Waals surface area contributed by atoms with Gasteiger partial charge in [0.25, 0.3) is 0 Å². The van der Waals surface area contributed by atoms with Gasteiger partial charge in [0.2, 0.25) is 0 Å². The van der Waals surface area contributed by atoms with E-state index in [1.54, 1.807) is 0 Å². The minimum Gasteiger partial charge on any atom is -0.358 e. The molecule has 4 rings (SSSR count). The van der Waals surface area contributed by atoms with Crippen LogP contribution < -0.4 is 5.76 Å². The van der Waals surface area contributed by atoms with Crippen molar-refractivity contribution in [2.45, 2.75) is 32.0 Å². The standard InChI is InChI=1S/C21H13F7N4O3S/c1-9-15(36-18(30-9)11-3-5-14(29-7-11)20(23,24)25)16(21(26,27)28)34-8-10-2-4-12(13(22)6-10)17-31-19(33)35-32-17/h2-7,16H,8H2,1H3,(H,31,32,33). The molecule has 1 N–H and O–H groups in total. The van der Waals surface area contributed by atoms with Crippen molar-refractivity contribution in [1.29, 1.82) is 0 Å². The monoisotopic (exact) mass is 534 g/mol. The van der Waals surface area contributed by atoms with Gasteiger partial charge in [0, 0.05) is 11.8 Å². The van der Waals surface area contributed by atoms with Gasteiger partial charge in [-0.15, -0.1) is 11.3 Å². The highest BCUT2D eigenvalue weighted by molar-refractivity contribution is 7.15. The molecular weight excluding hydrogens is 521 g/mol. The summed E-state index contributed by atoms with van der Waals surface area (Å²) < 4.78 is 104. The Morgan fingerprint density at radius 3 is 2.44 bits per heavy atom. The van der Waals surface area contributed by atoms with E-state index in [9.17, 15) is 35.5 Å². The van der Waals surface area contributed by atoms with Crippen LogP contribution in [0.25, 0.3) is 22.0 Å². The van der Waals surface area contributed by atoms with Gasteiger partial charge in [0.15, 0.2) is 11.9 Å². The summed E-state index contributed by atoms with van der Waals surface area (Å²) in [5.74, 6) is -1.98. The SMILES string of the molecule is Cc1nc(-c2ccc(C(F)(F)F)nc2)sc1C(OCc1ccc(-c2noc(=O)[nH]2)c(F)c1)C(F)(F)F. The van der Waals surface area contributed by atoms with E-state index in [0.29, 0.717) is 17.4 Å². The molecule has 0 amide bonds. The van der Waals surface area contributed by atoms with Crippen LogP contribution in [-0.2, 0) is 17.5 Å². The van der Waals surface area contributed by atoms with E-state index in [1.807, 2.05) is 0 Å². The number of halogens is 7. The number of aryl methyl sites for hydroxylation is 1. The molecule has 4 aromatic rings. The number of pyridine rings is 1. The second-order valence-electron chi connectivity index (χ2n) is 7.39. The summed E-state index contributed by atoms with van der Waals surface area (Å²) in [6.07, 6.45) is -11.1. The van der Waals surface area contributed by atoms with Crippen LogP contribution >= 0.6 is 11.3 Å². The lowest BCUT2D eigenvalue weighted by atomic mass is 10.1. The average Bonchev–Trinajstić information content (AvgIpc) is 3.38. The van der Waals surface area contributed by atoms with E-state index in [1.165, 1.54) is 19.1 Å². The highest BCUT2D eigenvalue weighted by Gasteiger charge is 2.44. The number of hydrogen-bond acceptors (Lipinski definition) is 7. The molecule has 7 nitrogen and oxygen atoms in total. The molecule has 1 unspecified atom stereocenters. The summed E-state index contributed by atoms with van der Waals surface area (Å²) in [7, 11) is 0. The molecule has 1 atom stereocenters. The zero-order valence-electron chi connectivity index (χ0n) is 17.9. The Hall–Kier alpha value is -3.59. The highest BCUT2D eigenvalue weighted by Crippen LogP contribution is 2.42. The fourth-order valence-electron chi connectivity index (χ4n) is 3.15. The van der Waals surface area contributed by atoms with Crippen LogP contribution in [-0.4, -0.2) is 26.3 Å². The van der Waals surface area contributed by atoms with Gasteiger partial charge in [-0.25, -0.2) is 14.2 Å². The second-order valence-corrected chi connectivity index (χ2v) is 8.42. The first-order valence-corrected chi connectivity index (χ1v) is 10.7. The molecule has 0 spiro atoms. The molecule has 0 aliphatic carbocycles. The third-order valence-electron chi connectivity index (χ3n) is 4.81. The number of ether oxygens (including phenoxy) is 1. The van der Waals surface area contributed by atoms with Gasteiger partial charge in [-0.3, -0.25) is 14.5 Å². The van der Waals surface area contributed by atoms with E-state index < -0.39 is 42.3 Å². The van der Waals surface area contributed by atoms with Crippen LogP contribution in [0.2, 0.25) is 0 Å². The van der Waals surface area contributed by atoms with E-state index >= 15 is 0 Å². The average molecular weight is 534 g/mol. The lowest BCUT2D eigenvalue weighted by molar-refractivity contribution is -0.226. The van der Waals surface area contributed by atoms with Crippen molar-refractivity contribution in [2.75, 3.05) is 0 Å². The van der Waals surface area contributed by atoms with Crippen LogP contribution in [0.4, 0.5) is 30.7 Å². The number of nitrogens with one attached hydrogen (secondary N) is 1. The molecule has 0 aliphatic heterocycles. The van der Waals surface area contributed by atoms with Crippen molar-refractivity contribution in [3.63, 3.8) is 0 Å². The summed E-state index contributed by atoms with van der Waals surface area (Å²) in [5.41, 5.74) is -1.15. The number of hydrogen-bond donors (Lipinski definition) is 1. The number of aromatic amines is 1. The minimum absolute atomic E-state index is 0.0265. The first-order valence-electron chi connectivity index (χ1n) is 9.87. The lowest BCUT2D eigenvalue weighted by Gasteiger charge is -2.20. The Bertz CT molecular complexity index is 1430. The number of benzene rings is 1. The number of aromatic nitrogens is 4. The van der Waals surface area contributed by atoms with Crippen molar-refractivity contribution in [3.05, 3.63) is 74.7 Å². The third-order valence-corrected chi connectivity index (χ3v) is 6.06. The van der Waals surface area contributed by atoms with Crippen LogP contribution in [0.3, 0.4) is 0 Å². The van der Waals surface area contributed by atoms with Gasteiger partial charge >= 0.3 is 18.1 Å². The summed E-state index contributed by atoms with van der Waals surface area (Å²) in [5, 5.41) is 3.37. The quantitative estimate of drug-likeness (QED) is 0.313. The second kappa shape index (κ2) is 9.46. The topological polar surface area (TPSA) is 93.9 Å². The van der Waals surface area contributed by atoms with Gasteiger partial charge < -0.3 is 4.74 Å². The van der Waals surface area contributed by atoms with Crippen molar-refractivity contribution in [2.24, 2.45) is 0 Å². The summed E-state index contributed by atoms with van der Waals surface area (Å²) in [6, 6.07) is 5.18. The van der Waals surface area contributed by atoms with Gasteiger partial charge in [-0.2, -0.15) is 26.3 Å². The predicted molar refractivity (Wildman–Crippen MR) is 111 cm³/mol. The van der Waals surface area contributed by atoms with Crippen molar-refractivity contribution >= 4 is 11.3 Å². The molecule has 36 heavy (non-hydrogen) atoms. The van der Waals surface area contributed by atoms with Gasteiger partial charge in [-0.1, -0.05) is 11.2 Å². The van der Waals surface area contributed by atoms with Crippen molar-refractivity contribution in [3.8, 4) is 22.0 Å². The fourth-order valence-corrected chi connectivity index (χ4v) is 4.28. The number of H-pyrrole nitrogens is 1. The number of thiazole rings is 1. The number of alkyl halides is 6. The maximum Gasteiger partial charge on any atom is 0.439 e. The van der Waals surface area contributed by atoms with E-state index in [2.05, 4.69) is 24.6 Å². The largest absolute Gasteiger partial charge is 0.439 e. The summed E-state index contributed by atoms with van der Waals surface area (Å²) in [6.45, 7) is 0.674. The first-order chi connectivity index (χ1) is 16.8. The molecule has 3 heterocycles. The molecule has 0 aliphatic rings. The lowest BCUT2D eigenvalue weighted by Crippen LogP contribution is -2.23. The van der Waals surface area contributed by atoms with Crippen LogP contribution in [0.15, 0.2) is 45.8 Å². The Labute approximate surface area is 200 Å². The Balaban J connectivity index is 1.56. The van der Waals surface area contributed by atoms with E-state index in [4.69, 9.17) is 4.74 Å². The van der Waals surface area contributed by atoms with Gasteiger partial charge in [0.05, 0.1) is 22.7 Å². The zero-order chi connectivity index (χ0) is 26.3. The van der Waals surface area contributed by atoms with Crippen molar-refractivity contribution in [1.82, 2.24) is 20.1 Å². The molecule has 0 bridgehead atoms. The molecule has 1 aromatic carbocycles. The van der Waals surface area contributed by atoms with Crippen molar-refractivity contribution < 1.29 is 40.0 Å². The number of nitrogens with zero attached hydrogens (tertiary/aromatic N) is 3. The molecule has 0 saturated carbocycles. The van der Waals surface area contributed by atoms with Gasteiger partial charge in [-0.05, 0) is 36.8 Å². The smallest absolute Gasteiger partial charge is 0.358 e. The Morgan fingerprint density at radius 1 is 1.14 bits per heavy atom. The zero-order valence-corrected chi connectivity index (χ0v) is 18.7. The van der Waals surface area contributed by atoms with Crippen LogP contribution in [0.1, 0.15) is 27.9 Å². The summed E-state index contributed by atoms with van der Waals surface area (Å²) in [4.78, 5) is 20.2. The fraction of sp³-hybridized carbons (Fsp3) is 0.238. The highest BCUT2D eigenvalue weighted by atomic mass is 32.1. The molecular formula is C21H13F7N4O3S. The third kappa shape index (κ3) is 5.46. The molecule has 3 aromatic heterocycles. The Kier molecular flexibility index (Phi) is 6.70. The van der Waals surface area contributed by atoms with Crippen LogP contribution in [0, 0.1) is 12.7 Å². The van der Waals surface area contributed by atoms with Gasteiger partial charge in [0.1, 0.15) is 16.5 Å².